The van der Waals surface area contributed by atoms with Gasteiger partial charge in [-0.3, -0.25) is 4.79 Å². The van der Waals surface area contributed by atoms with Crippen molar-refractivity contribution in [3.05, 3.63) is 29.8 Å². The van der Waals surface area contributed by atoms with E-state index in [9.17, 15) is 9.90 Å². The van der Waals surface area contributed by atoms with Gasteiger partial charge in [0.05, 0.1) is 12.4 Å². The van der Waals surface area contributed by atoms with Gasteiger partial charge in [0, 0.05) is 25.4 Å². The molecule has 1 aliphatic rings. The predicted octanol–water partition coefficient (Wildman–Crippen LogP) is 1.23. The van der Waals surface area contributed by atoms with Crippen molar-refractivity contribution in [1.29, 1.82) is 0 Å². The zero-order chi connectivity index (χ0) is 16.1. The number of nitrogens with zero attached hydrogens (tertiary/aromatic N) is 2. The molecule has 5 nitrogen and oxygen atoms in total. The molecule has 1 heterocycles. The summed E-state index contributed by atoms with van der Waals surface area (Å²) >= 11 is 1.63. The lowest BCUT2D eigenvalue weighted by molar-refractivity contribution is -0.139. The number of carbonyl (C=O) groups excluding carboxylic acids is 1. The van der Waals surface area contributed by atoms with E-state index in [2.05, 4.69) is 0 Å². The van der Waals surface area contributed by atoms with E-state index in [4.69, 9.17) is 4.74 Å². The quantitative estimate of drug-likeness (QED) is 0.883. The van der Waals surface area contributed by atoms with Crippen LogP contribution in [0.25, 0.3) is 0 Å². The lowest BCUT2D eigenvalue weighted by atomic mass is 10.1. The SMILES string of the molecule is COc1ccc([C@@H]2SCCN(CCN(C)C)C(=O)[C@H]2O)cc1. The summed E-state index contributed by atoms with van der Waals surface area (Å²) in [6.45, 7) is 2.14. The first-order valence-corrected chi connectivity index (χ1v) is 8.45. The number of hydrogen-bond acceptors (Lipinski definition) is 5. The molecule has 0 saturated carbocycles. The predicted molar refractivity (Wildman–Crippen MR) is 89.3 cm³/mol. The number of carbonyl (C=O) groups is 1. The minimum Gasteiger partial charge on any atom is -0.497 e. The number of hydrogen-bond donors (Lipinski definition) is 1. The number of aliphatic hydroxyl groups is 1. The summed E-state index contributed by atoms with van der Waals surface area (Å²) in [7, 11) is 5.58. The minimum absolute atomic E-state index is 0.173. The Morgan fingerprint density at radius 2 is 2.05 bits per heavy atom. The van der Waals surface area contributed by atoms with Crippen LogP contribution in [-0.2, 0) is 4.79 Å². The summed E-state index contributed by atoms with van der Waals surface area (Å²) in [5, 5.41) is 10.3. The number of methoxy groups -OCH3 is 1. The number of benzene rings is 1. The number of ether oxygens (including phenoxy) is 1. The summed E-state index contributed by atoms with van der Waals surface area (Å²) in [4.78, 5) is 16.3. The summed E-state index contributed by atoms with van der Waals surface area (Å²) in [5.74, 6) is 1.43. The molecule has 0 unspecified atom stereocenters. The molecule has 0 bridgehead atoms. The van der Waals surface area contributed by atoms with Crippen molar-refractivity contribution in [2.75, 3.05) is 46.6 Å². The molecule has 0 aromatic heterocycles. The van der Waals surface area contributed by atoms with Crippen molar-refractivity contribution < 1.29 is 14.6 Å². The van der Waals surface area contributed by atoms with E-state index in [-0.39, 0.29) is 11.2 Å². The highest BCUT2D eigenvalue weighted by atomic mass is 32.2. The second kappa shape index (κ2) is 7.85. The minimum atomic E-state index is -0.997. The summed E-state index contributed by atoms with van der Waals surface area (Å²) < 4.78 is 5.15. The third kappa shape index (κ3) is 4.15. The van der Waals surface area contributed by atoms with E-state index in [1.807, 2.05) is 43.3 Å². The highest BCUT2D eigenvalue weighted by Crippen LogP contribution is 2.35. The first kappa shape index (κ1) is 17.1. The molecule has 1 N–H and O–H groups in total. The Labute approximate surface area is 136 Å². The molecule has 2 atom stereocenters. The van der Waals surface area contributed by atoms with E-state index in [0.29, 0.717) is 13.1 Å². The normalized spacial score (nSPS) is 22.8. The Balaban J connectivity index is 2.09. The van der Waals surface area contributed by atoms with Gasteiger partial charge in [-0.25, -0.2) is 0 Å². The van der Waals surface area contributed by atoms with E-state index in [1.54, 1.807) is 23.8 Å². The fourth-order valence-electron chi connectivity index (χ4n) is 2.42. The maximum Gasteiger partial charge on any atom is 0.252 e. The third-order valence-electron chi connectivity index (χ3n) is 3.77. The van der Waals surface area contributed by atoms with E-state index in [0.717, 1.165) is 23.6 Å². The number of amides is 1. The summed E-state index contributed by atoms with van der Waals surface area (Å²) in [6, 6.07) is 7.56. The lowest BCUT2D eigenvalue weighted by Gasteiger charge is -2.25. The number of aliphatic hydroxyl groups excluding tert-OH is 1. The molecular weight excluding hydrogens is 300 g/mol. The average molecular weight is 324 g/mol. The van der Waals surface area contributed by atoms with Crippen LogP contribution in [0.15, 0.2) is 24.3 Å². The topological polar surface area (TPSA) is 53.0 Å². The average Bonchev–Trinajstić information content (AvgIpc) is 2.66. The van der Waals surface area contributed by atoms with Crippen LogP contribution in [0, 0.1) is 0 Å². The first-order valence-electron chi connectivity index (χ1n) is 7.40. The van der Waals surface area contributed by atoms with Crippen molar-refractivity contribution in [3.63, 3.8) is 0 Å². The van der Waals surface area contributed by atoms with Gasteiger partial charge in [-0.15, -0.1) is 11.8 Å². The molecule has 1 aromatic carbocycles. The van der Waals surface area contributed by atoms with Gasteiger partial charge in [0.2, 0.25) is 0 Å². The highest BCUT2D eigenvalue weighted by Gasteiger charge is 2.34. The molecule has 1 aliphatic heterocycles. The van der Waals surface area contributed by atoms with Crippen LogP contribution in [0.3, 0.4) is 0 Å². The number of rotatable bonds is 5. The molecular formula is C16H24N2O3S. The van der Waals surface area contributed by atoms with Crippen molar-refractivity contribution >= 4 is 17.7 Å². The first-order chi connectivity index (χ1) is 10.5. The van der Waals surface area contributed by atoms with Crippen molar-refractivity contribution in [3.8, 4) is 5.75 Å². The fourth-order valence-corrected chi connectivity index (χ4v) is 3.65. The summed E-state index contributed by atoms with van der Waals surface area (Å²) in [5.41, 5.74) is 0.959. The maximum absolute atomic E-state index is 12.5. The Kier molecular flexibility index (Phi) is 6.11. The molecule has 0 aliphatic carbocycles. The van der Waals surface area contributed by atoms with E-state index in [1.165, 1.54) is 0 Å². The molecule has 1 amide bonds. The number of likely N-dealkylation sites (N-methyl/N-ethyl adjacent to an activating group) is 1. The van der Waals surface area contributed by atoms with Crippen LogP contribution < -0.4 is 4.74 Å². The van der Waals surface area contributed by atoms with Crippen LogP contribution in [0.5, 0.6) is 5.75 Å². The van der Waals surface area contributed by atoms with Crippen molar-refractivity contribution in [2.24, 2.45) is 0 Å². The molecule has 1 saturated heterocycles. The largest absolute Gasteiger partial charge is 0.497 e. The molecule has 1 fully saturated rings. The van der Waals surface area contributed by atoms with Gasteiger partial charge in [-0.1, -0.05) is 12.1 Å². The van der Waals surface area contributed by atoms with Crippen LogP contribution in [0.2, 0.25) is 0 Å². The Morgan fingerprint density at radius 3 is 2.64 bits per heavy atom. The third-order valence-corrected chi connectivity index (χ3v) is 5.08. The van der Waals surface area contributed by atoms with Gasteiger partial charge in [-0.05, 0) is 31.8 Å². The summed E-state index contributed by atoms with van der Waals surface area (Å²) in [6.07, 6.45) is -0.997. The Hall–Kier alpha value is -1.24. The molecule has 2 rings (SSSR count). The van der Waals surface area contributed by atoms with E-state index < -0.39 is 6.10 Å². The monoisotopic (exact) mass is 324 g/mol. The lowest BCUT2D eigenvalue weighted by Crippen LogP contribution is -2.43. The van der Waals surface area contributed by atoms with Gasteiger partial charge in [0.1, 0.15) is 11.9 Å². The molecule has 6 heteroatoms. The number of thioether (sulfide) groups is 1. The second-order valence-corrected chi connectivity index (χ2v) is 6.89. The van der Waals surface area contributed by atoms with Crippen LogP contribution in [0.4, 0.5) is 0 Å². The van der Waals surface area contributed by atoms with Crippen LogP contribution in [0.1, 0.15) is 10.8 Å². The van der Waals surface area contributed by atoms with Gasteiger partial charge in [-0.2, -0.15) is 0 Å². The Bertz CT molecular complexity index is 493. The smallest absolute Gasteiger partial charge is 0.252 e. The molecule has 0 radical (unpaired) electrons. The highest BCUT2D eigenvalue weighted by molar-refractivity contribution is 7.99. The molecule has 122 valence electrons. The fraction of sp³-hybridized carbons (Fsp3) is 0.562. The molecule has 22 heavy (non-hydrogen) atoms. The molecule has 0 spiro atoms. The van der Waals surface area contributed by atoms with Gasteiger partial charge >= 0.3 is 0 Å². The standard InChI is InChI=1S/C16H24N2O3S/c1-17(2)8-9-18-10-11-22-15(14(19)16(18)20)12-4-6-13(21-3)7-5-12/h4-7,14-15,19H,8-11H2,1-3H3/t14-,15-/m0/s1. The van der Waals surface area contributed by atoms with Crippen molar-refractivity contribution in [2.45, 2.75) is 11.4 Å². The van der Waals surface area contributed by atoms with Gasteiger partial charge < -0.3 is 19.6 Å². The van der Waals surface area contributed by atoms with Crippen molar-refractivity contribution in [1.82, 2.24) is 9.80 Å². The maximum atomic E-state index is 12.5. The van der Waals surface area contributed by atoms with Gasteiger partial charge in [0.15, 0.2) is 0 Å². The van der Waals surface area contributed by atoms with E-state index >= 15 is 0 Å². The van der Waals surface area contributed by atoms with Crippen LogP contribution in [-0.4, -0.2) is 73.5 Å². The zero-order valence-electron chi connectivity index (χ0n) is 13.4. The van der Waals surface area contributed by atoms with Crippen LogP contribution >= 0.6 is 11.8 Å². The second-order valence-electron chi connectivity index (χ2n) is 5.64. The van der Waals surface area contributed by atoms with Gasteiger partial charge in [0.25, 0.3) is 5.91 Å². The zero-order valence-corrected chi connectivity index (χ0v) is 14.2. The molecule has 1 aromatic rings. The Morgan fingerprint density at radius 1 is 1.36 bits per heavy atom.